The topological polar surface area (TPSA) is 78.1 Å². The van der Waals surface area contributed by atoms with E-state index in [1.807, 2.05) is 12.1 Å². The number of aromatic nitrogens is 2. The molecule has 0 spiro atoms. The van der Waals surface area contributed by atoms with Crippen LogP contribution in [0, 0.1) is 0 Å². The SMILES string of the molecule is Nc1ncnc(OCc2ccc(Cl)cc2)c1C=O. The predicted molar refractivity (Wildman–Crippen MR) is 67.6 cm³/mol. The van der Waals surface area contributed by atoms with Crippen LogP contribution in [-0.2, 0) is 6.61 Å². The molecule has 1 aromatic heterocycles. The van der Waals surface area contributed by atoms with Crippen LogP contribution in [-0.4, -0.2) is 16.3 Å². The summed E-state index contributed by atoms with van der Waals surface area (Å²) in [6, 6.07) is 7.17. The highest BCUT2D eigenvalue weighted by molar-refractivity contribution is 6.30. The number of benzene rings is 1. The molecule has 0 saturated heterocycles. The maximum atomic E-state index is 10.8. The molecule has 5 nitrogen and oxygen atoms in total. The summed E-state index contributed by atoms with van der Waals surface area (Å²) in [6.45, 7) is 0.272. The van der Waals surface area contributed by atoms with Crippen LogP contribution in [0.3, 0.4) is 0 Å². The van der Waals surface area contributed by atoms with Gasteiger partial charge >= 0.3 is 0 Å². The number of halogens is 1. The second-order valence-electron chi connectivity index (χ2n) is 3.51. The number of aldehydes is 1. The molecule has 0 aliphatic rings. The highest BCUT2D eigenvalue weighted by atomic mass is 35.5. The quantitative estimate of drug-likeness (QED) is 0.855. The van der Waals surface area contributed by atoms with E-state index in [0.29, 0.717) is 11.3 Å². The van der Waals surface area contributed by atoms with Crippen molar-refractivity contribution in [3.63, 3.8) is 0 Å². The number of anilines is 1. The summed E-state index contributed by atoms with van der Waals surface area (Å²) in [4.78, 5) is 18.4. The van der Waals surface area contributed by atoms with Gasteiger partial charge in [-0.05, 0) is 17.7 Å². The number of nitrogens with zero attached hydrogens (tertiary/aromatic N) is 2. The van der Waals surface area contributed by atoms with E-state index in [4.69, 9.17) is 22.1 Å². The molecule has 0 aliphatic carbocycles. The van der Waals surface area contributed by atoms with E-state index in [1.165, 1.54) is 6.33 Å². The Morgan fingerprint density at radius 1 is 1.28 bits per heavy atom. The molecule has 0 amide bonds. The first-order chi connectivity index (χ1) is 8.70. The monoisotopic (exact) mass is 263 g/mol. The molecule has 0 saturated carbocycles. The zero-order chi connectivity index (χ0) is 13.0. The molecule has 2 rings (SSSR count). The van der Waals surface area contributed by atoms with Crippen LogP contribution in [0.5, 0.6) is 5.88 Å². The maximum Gasteiger partial charge on any atom is 0.229 e. The molecule has 0 unspecified atom stereocenters. The van der Waals surface area contributed by atoms with Gasteiger partial charge in [0.05, 0.1) is 0 Å². The van der Waals surface area contributed by atoms with Gasteiger partial charge in [-0.15, -0.1) is 0 Å². The first-order valence-electron chi connectivity index (χ1n) is 5.13. The van der Waals surface area contributed by atoms with Crippen LogP contribution in [0.25, 0.3) is 0 Å². The summed E-state index contributed by atoms with van der Waals surface area (Å²) in [6.07, 6.45) is 1.83. The molecule has 18 heavy (non-hydrogen) atoms. The number of nitrogen functional groups attached to an aromatic ring is 1. The van der Waals surface area contributed by atoms with Crippen LogP contribution in [0.2, 0.25) is 5.02 Å². The van der Waals surface area contributed by atoms with Crippen LogP contribution >= 0.6 is 11.6 Å². The number of carbonyl (C=O) groups is 1. The Labute approximate surface area is 109 Å². The highest BCUT2D eigenvalue weighted by Gasteiger charge is 2.09. The molecule has 0 aliphatic heterocycles. The van der Waals surface area contributed by atoms with Crippen LogP contribution < -0.4 is 10.5 Å². The summed E-state index contributed by atoms with van der Waals surface area (Å²) in [5.74, 6) is 0.276. The fourth-order valence-electron chi connectivity index (χ4n) is 1.35. The van der Waals surface area contributed by atoms with Gasteiger partial charge in [0.15, 0.2) is 6.29 Å². The van der Waals surface area contributed by atoms with Crippen LogP contribution in [0.1, 0.15) is 15.9 Å². The Balaban J connectivity index is 2.13. The summed E-state index contributed by atoms with van der Waals surface area (Å²) in [5.41, 5.74) is 6.61. The largest absolute Gasteiger partial charge is 0.472 e. The minimum Gasteiger partial charge on any atom is -0.472 e. The summed E-state index contributed by atoms with van der Waals surface area (Å²) < 4.78 is 5.43. The van der Waals surface area contributed by atoms with Crippen molar-refractivity contribution in [1.82, 2.24) is 9.97 Å². The van der Waals surface area contributed by atoms with E-state index in [-0.39, 0.29) is 23.9 Å². The first kappa shape index (κ1) is 12.3. The van der Waals surface area contributed by atoms with Crippen molar-refractivity contribution in [3.8, 4) is 5.88 Å². The van der Waals surface area contributed by atoms with Crippen LogP contribution in [0.15, 0.2) is 30.6 Å². The minimum atomic E-state index is 0.103. The summed E-state index contributed by atoms with van der Waals surface area (Å²) in [5, 5.41) is 0.651. The Kier molecular flexibility index (Phi) is 3.74. The fourth-order valence-corrected chi connectivity index (χ4v) is 1.48. The minimum absolute atomic E-state index is 0.103. The lowest BCUT2D eigenvalue weighted by atomic mass is 10.2. The van der Waals surface area contributed by atoms with E-state index in [2.05, 4.69) is 9.97 Å². The lowest BCUT2D eigenvalue weighted by Crippen LogP contribution is -2.04. The van der Waals surface area contributed by atoms with E-state index in [1.54, 1.807) is 12.1 Å². The van der Waals surface area contributed by atoms with Gasteiger partial charge in [0.2, 0.25) is 5.88 Å². The molecule has 2 aromatic rings. The molecular weight excluding hydrogens is 254 g/mol. The van der Waals surface area contributed by atoms with Crippen molar-refractivity contribution >= 4 is 23.7 Å². The third kappa shape index (κ3) is 2.75. The second kappa shape index (κ2) is 5.46. The lowest BCUT2D eigenvalue weighted by Gasteiger charge is -2.08. The van der Waals surface area contributed by atoms with Gasteiger partial charge in [0.25, 0.3) is 0 Å². The molecule has 0 fully saturated rings. The number of rotatable bonds is 4. The van der Waals surface area contributed by atoms with E-state index in [9.17, 15) is 4.79 Å². The molecule has 2 N–H and O–H groups in total. The fraction of sp³-hybridized carbons (Fsp3) is 0.0833. The number of ether oxygens (including phenoxy) is 1. The maximum absolute atomic E-state index is 10.8. The van der Waals surface area contributed by atoms with Crippen molar-refractivity contribution in [2.75, 3.05) is 5.73 Å². The smallest absolute Gasteiger partial charge is 0.229 e. The van der Waals surface area contributed by atoms with Crippen molar-refractivity contribution in [2.24, 2.45) is 0 Å². The van der Waals surface area contributed by atoms with Gasteiger partial charge in [-0.1, -0.05) is 23.7 Å². The predicted octanol–water partition coefficient (Wildman–Crippen LogP) is 2.10. The normalized spacial score (nSPS) is 10.1. The van der Waals surface area contributed by atoms with E-state index >= 15 is 0 Å². The molecule has 6 heteroatoms. The van der Waals surface area contributed by atoms with E-state index < -0.39 is 0 Å². The first-order valence-corrected chi connectivity index (χ1v) is 5.51. The van der Waals surface area contributed by atoms with Gasteiger partial charge in [0.1, 0.15) is 24.3 Å². The Bertz CT molecular complexity index is 558. The van der Waals surface area contributed by atoms with Crippen molar-refractivity contribution < 1.29 is 9.53 Å². The number of nitrogens with two attached hydrogens (primary N) is 1. The Morgan fingerprint density at radius 2 is 2.00 bits per heavy atom. The average Bonchev–Trinajstić information content (AvgIpc) is 2.38. The number of carbonyl (C=O) groups excluding carboxylic acids is 1. The summed E-state index contributed by atoms with van der Waals surface area (Å²) in [7, 11) is 0. The average molecular weight is 264 g/mol. The number of hydrogen-bond acceptors (Lipinski definition) is 5. The molecule has 1 heterocycles. The second-order valence-corrected chi connectivity index (χ2v) is 3.95. The van der Waals surface area contributed by atoms with Gasteiger partial charge < -0.3 is 10.5 Å². The van der Waals surface area contributed by atoms with E-state index in [0.717, 1.165) is 5.56 Å². The van der Waals surface area contributed by atoms with Gasteiger partial charge in [-0.3, -0.25) is 4.79 Å². The molecule has 92 valence electrons. The van der Waals surface area contributed by atoms with Crippen molar-refractivity contribution in [2.45, 2.75) is 6.61 Å². The van der Waals surface area contributed by atoms with Gasteiger partial charge in [-0.25, -0.2) is 9.97 Å². The van der Waals surface area contributed by atoms with Gasteiger partial charge in [-0.2, -0.15) is 0 Å². The van der Waals surface area contributed by atoms with Gasteiger partial charge in [0, 0.05) is 5.02 Å². The molecule has 0 radical (unpaired) electrons. The van der Waals surface area contributed by atoms with Crippen molar-refractivity contribution in [3.05, 3.63) is 46.7 Å². The lowest BCUT2D eigenvalue weighted by molar-refractivity contribution is 0.111. The zero-order valence-electron chi connectivity index (χ0n) is 9.34. The Morgan fingerprint density at radius 3 is 2.67 bits per heavy atom. The molecule has 0 atom stereocenters. The molecule has 1 aromatic carbocycles. The molecule has 0 bridgehead atoms. The third-order valence-electron chi connectivity index (χ3n) is 2.28. The highest BCUT2D eigenvalue weighted by Crippen LogP contribution is 2.18. The summed E-state index contributed by atoms with van der Waals surface area (Å²) >= 11 is 5.77. The standard InChI is InChI=1S/C12H10ClN3O2/c13-9-3-1-8(2-4-9)6-18-12-10(5-17)11(14)15-7-16-12/h1-5,7H,6H2,(H2,14,15,16). The van der Waals surface area contributed by atoms with Crippen molar-refractivity contribution in [1.29, 1.82) is 0 Å². The van der Waals surface area contributed by atoms with Crippen LogP contribution in [0.4, 0.5) is 5.82 Å². The Hall–Kier alpha value is -2.14. The molecular formula is C12H10ClN3O2. The zero-order valence-corrected chi connectivity index (χ0v) is 10.1. The third-order valence-corrected chi connectivity index (χ3v) is 2.54. The number of hydrogen-bond donors (Lipinski definition) is 1.